The van der Waals surface area contributed by atoms with Crippen molar-refractivity contribution in [3.05, 3.63) is 45.7 Å². The number of nitrogens with two attached hydrogens (primary N) is 1. The lowest BCUT2D eigenvalue weighted by atomic mass is 10.0. The Morgan fingerprint density at radius 2 is 2.21 bits per heavy atom. The highest BCUT2D eigenvalue weighted by Gasteiger charge is 2.20. The molecule has 0 spiro atoms. The van der Waals surface area contributed by atoms with Gasteiger partial charge in [0.05, 0.1) is 29.5 Å². The van der Waals surface area contributed by atoms with Crippen LogP contribution in [0.1, 0.15) is 22.9 Å². The molecule has 1 heterocycles. The second-order valence-corrected chi connectivity index (χ2v) is 5.18. The van der Waals surface area contributed by atoms with E-state index in [1.807, 2.05) is 26.1 Å². The summed E-state index contributed by atoms with van der Waals surface area (Å²) in [7, 11) is 3.55. The highest BCUT2D eigenvalue weighted by atomic mass is 79.9. The number of hydrogen-bond acceptors (Lipinski definition) is 4. The Kier molecular flexibility index (Phi) is 4.24. The highest BCUT2D eigenvalue weighted by molar-refractivity contribution is 9.10. The van der Waals surface area contributed by atoms with Crippen molar-refractivity contribution in [2.24, 2.45) is 12.9 Å². The summed E-state index contributed by atoms with van der Waals surface area (Å²) in [6.07, 6.45) is 1.76. The van der Waals surface area contributed by atoms with Crippen LogP contribution in [0, 0.1) is 6.92 Å². The van der Waals surface area contributed by atoms with Gasteiger partial charge in [0.1, 0.15) is 5.75 Å². The molecule has 5 nitrogen and oxygen atoms in total. The molecule has 1 unspecified atom stereocenters. The molecule has 6 heteroatoms. The molecule has 1 atom stereocenters. The first kappa shape index (κ1) is 14.0. The maximum atomic E-state index is 5.71. The van der Waals surface area contributed by atoms with E-state index in [2.05, 4.69) is 32.5 Å². The third kappa shape index (κ3) is 2.65. The maximum absolute atomic E-state index is 5.71. The van der Waals surface area contributed by atoms with E-state index in [0.29, 0.717) is 0 Å². The molecule has 0 aliphatic heterocycles. The number of hydrogen-bond donors (Lipinski definition) is 2. The number of aryl methyl sites for hydroxylation is 2. The lowest BCUT2D eigenvalue weighted by molar-refractivity contribution is 0.411. The summed E-state index contributed by atoms with van der Waals surface area (Å²) < 4.78 is 8.00. The molecule has 0 radical (unpaired) electrons. The molecule has 0 fully saturated rings. The summed E-state index contributed by atoms with van der Waals surface area (Å²) in [5.41, 5.74) is 5.94. The standard InChI is InChI=1S/C13H17BrN4O/c1-8-6-9(4-5-11(8)19-3)12(17-15)13-10(14)7-16-18(13)2/h4-7,12,17H,15H2,1-3H3. The van der Waals surface area contributed by atoms with E-state index in [9.17, 15) is 0 Å². The average molecular weight is 325 g/mol. The number of hydrazine groups is 1. The van der Waals surface area contributed by atoms with Crippen molar-refractivity contribution in [2.45, 2.75) is 13.0 Å². The SMILES string of the molecule is COc1ccc(C(NN)c2c(Br)cnn2C)cc1C. The van der Waals surface area contributed by atoms with Crippen molar-refractivity contribution >= 4 is 15.9 Å². The van der Waals surface area contributed by atoms with Crippen LogP contribution < -0.4 is 16.0 Å². The van der Waals surface area contributed by atoms with E-state index in [1.165, 1.54) is 0 Å². The largest absolute Gasteiger partial charge is 0.496 e. The predicted octanol–water partition coefficient (Wildman–Crippen LogP) is 2.05. The van der Waals surface area contributed by atoms with Crippen molar-refractivity contribution in [3.8, 4) is 5.75 Å². The van der Waals surface area contributed by atoms with Crippen molar-refractivity contribution in [2.75, 3.05) is 7.11 Å². The molecule has 0 saturated carbocycles. The van der Waals surface area contributed by atoms with Crippen molar-refractivity contribution in [1.82, 2.24) is 15.2 Å². The molecular weight excluding hydrogens is 308 g/mol. The number of methoxy groups -OCH3 is 1. The van der Waals surface area contributed by atoms with Gasteiger partial charge in [-0.2, -0.15) is 5.10 Å². The lowest BCUT2D eigenvalue weighted by Crippen LogP contribution is -2.30. The zero-order chi connectivity index (χ0) is 14.0. The van der Waals surface area contributed by atoms with Gasteiger partial charge in [0.15, 0.2) is 0 Å². The van der Waals surface area contributed by atoms with Crippen molar-refractivity contribution < 1.29 is 4.74 Å². The Hall–Kier alpha value is -1.37. The molecule has 102 valence electrons. The number of nitrogens with zero attached hydrogens (tertiary/aromatic N) is 2. The number of aromatic nitrogens is 2. The summed E-state index contributed by atoms with van der Waals surface area (Å²) in [5.74, 6) is 6.58. The Morgan fingerprint density at radius 1 is 1.47 bits per heavy atom. The zero-order valence-corrected chi connectivity index (χ0v) is 12.7. The van der Waals surface area contributed by atoms with Crippen molar-refractivity contribution in [1.29, 1.82) is 0 Å². The van der Waals surface area contributed by atoms with Gasteiger partial charge < -0.3 is 4.74 Å². The first-order valence-electron chi connectivity index (χ1n) is 5.86. The minimum absolute atomic E-state index is 0.133. The van der Waals surface area contributed by atoms with E-state index in [0.717, 1.165) is 27.0 Å². The van der Waals surface area contributed by atoms with E-state index in [-0.39, 0.29) is 6.04 Å². The zero-order valence-electron chi connectivity index (χ0n) is 11.1. The summed E-state index contributed by atoms with van der Waals surface area (Å²) in [6, 6.07) is 5.87. The molecule has 1 aromatic carbocycles. The maximum Gasteiger partial charge on any atom is 0.121 e. The van der Waals surface area contributed by atoms with E-state index >= 15 is 0 Å². The molecule has 1 aromatic heterocycles. The minimum Gasteiger partial charge on any atom is -0.496 e. The van der Waals surface area contributed by atoms with Gasteiger partial charge in [-0.3, -0.25) is 10.5 Å². The van der Waals surface area contributed by atoms with E-state index in [1.54, 1.807) is 18.0 Å². The molecule has 0 aliphatic carbocycles. The van der Waals surface area contributed by atoms with Crippen LogP contribution >= 0.6 is 15.9 Å². The topological polar surface area (TPSA) is 65.1 Å². The number of rotatable bonds is 4. The quantitative estimate of drug-likeness (QED) is 0.667. The molecule has 2 rings (SSSR count). The molecule has 19 heavy (non-hydrogen) atoms. The van der Waals surface area contributed by atoms with Crippen LogP contribution in [0.4, 0.5) is 0 Å². The fourth-order valence-electron chi connectivity index (χ4n) is 2.16. The van der Waals surface area contributed by atoms with Crippen LogP contribution in [-0.4, -0.2) is 16.9 Å². The van der Waals surface area contributed by atoms with Crippen molar-refractivity contribution in [3.63, 3.8) is 0 Å². The summed E-state index contributed by atoms with van der Waals surface area (Å²) in [5, 5.41) is 4.22. The Labute approximate surface area is 120 Å². The van der Waals surface area contributed by atoms with Gasteiger partial charge in [-0.15, -0.1) is 0 Å². The van der Waals surface area contributed by atoms with E-state index in [4.69, 9.17) is 10.6 Å². The van der Waals surface area contributed by atoms with Gasteiger partial charge in [0.2, 0.25) is 0 Å². The van der Waals surface area contributed by atoms with Crippen LogP contribution in [0.3, 0.4) is 0 Å². The van der Waals surface area contributed by atoms with E-state index < -0.39 is 0 Å². The van der Waals surface area contributed by atoms with Crippen LogP contribution in [0.5, 0.6) is 5.75 Å². The lowest BCUT2D eigenvalue weighted by Gasteiger charge is -2.18. The average Bonchev–Trinajstić information content (AvgIpc) is 2.72. The van der Waals surface area contributed by atoms with Crippen LogP contribution in [0.25, 0.3) is 0 Å². The minimum atomic E-state index is -0.133. The van der Waals surface area contributed by atoms with Gasteiger partial charge in [0.25, 0.3) is 0 Å². The smallest absolute Gasteiger partial charge is 0.121 e. The number of ether oxygens (including phenoxy) is 1. The molecule has 3 N–H and O–H groups in total. The molecule has 0 saturated heterocycles. The molecule has 0 aliphatic rings. The second-order valence-electron chi connectivity index (χ2n) is 4.33. The van der Waals surface area contributed by atoms with Gasteiger partial charge in [-0.1, -0.05) is 12.1 Å². The van der Waals surface area contributed by atoms with Gasteiger partial charge in [0, 0.05) is 7.05 Å². The Balaban J connectivity index is 2.46. The monoisotopic (exact) mass is 324 g/mol. The fraction of sp³-hybridized carbons (Fsp3) is 0.308. The summed E-state index contributed by atoms with van der Waals surface area (Å²) in [4.78, 5) is 0. The molecular formula is C13H17BrN4O. The summed E-state index contributed by atoms with van der Waals surface area (Å²) >= 11 is 3.50. The first-order chi connectivity index (χ1) is 9.08. The van der Waals surface area contributed by atoms with Crippen LogP contribution in [0.2, 0.25) is 0 Å². The van der Waals surface area contributed by atoms with Gasteiger partial charge in [-0.05, 0) is 40.0 Å². The number of nitrogens with one attached hydrogen (secondary N) is 1. The molecule has 0 amide bonds. The number of halogens is 1. The Morgan fingerprint density at radius 3 is 2.68 bits per heavy atom. The van der Waals surface area contributed by atoms with Crippen LogP contribution in [-0.2, 0) is 7.05 Å². The molecule has 0 bridgehead atoms. The summed E-state index contributed by atoms with van der Waals surface area (Å²) in [6.45, 7) is 2.01. The van der Waals surface area contributed by atoms with Crippen LogP contribution in [0.15, 0.2) is 28.9 Å². The van der Waals surface area contributed by atoms with Gasteiger partial charge in [-0.25, -0.2) is 5.43 Å². The first-order valence-corrected chi connectivity index (χ1v) is 6.65. The highest BCUT2D eigenvalue weighted by Crippen LogP contribution is 2.30. The van der Waals surface area contributed by atoms with Gasteiger partial charge >= 0.3 is 0 Å². The second kappa shape index (κ2) is 5.73. The molecule has 2 aromatic rings. The third-order valence-electron chi connectivity index (χ3n) is 3.13. The number of benzene rings is 1. The third-order valence-corrected chi connectivity index (χ3v) is 3.74. The predicted molar refractivity (Wildman–Crippen MR) is 77.8 cm³/mol. The normalized spacial score (nSPS) is 12.5. The Bertz CT molecular complexity index is 563. The fourth-order valence-corrected chi connectivity index (χ4v) is 2.74.